The molecule has 128 valence electrons. The van der Waals surface area contributed by atoms with Crippen LogP contribution in [0.4, 0.5) is 0 Å². The summed E-state index contributed by atoms with van der Waals surface area (Å²) in [6.07, 6.45) is 0. The summed E-state index contributed by atoms with van der Waals surface area (Å²) in [7, 11) is 0. The minimum absolute atomic E-state index is 0.152. The van der Waals surface area contributed by atoms with E-state index in [1.807, 2.05) is 34.7 Å². The van der Waals surface area contributed by atoms with Crippen LogP contribution in [0, 0.1) is 6.92 Å². The fourth-order valence-electron chi connectivity index (χ4n) is 3.08. The van der Waals surface area contributed by atoms with Crippen molar-refractivity contribution in [2.24, 2.45) is 0 Å². The van der Waals surface area contributed by atoms with E-state index < -0.39 is 0 Å². The van der Waals surface area contributed by atoms with Gasteiger partial charge in [0.2, 0.25) is 5.91 Å². The Kier molecular flexibility index (Phi) is 5.21. The average Bonchev–Trinajstić information content (AvgIpc) is 2.84. The molecule has 1 saturated heterocycles. The number of benzene rings is 1. The van der Waals surface area contributed by atoms with E-state index in [4.69, 9.17) is 11.6 Å². The molecule has 0 unspecified atom stereocenters. The van der Waals surface area contributed by atoms with Crippen molar-refractivity contribution in [3.05, 3.63) is 52.3 Å². The van der Waals surface area contributed by atoms with Crippen molar-refractivity contribution in [2.75, 3.05) is 26.2 Å². The van der Waals surface area contributed by atoms with Gasteiger partial charge in [-0.05, 0) is 12.5 Å². The van der Waals surface area contributed by atoms with Gasteiger partial charge >= 0.3 is 0 Å². The summed E-state index contributed by atoms with van der Waals surface area (Å²) in [5.74, 6) is 0.152. The normalized spacial score (nSPS) is 15.7. The Bertz CT molecular complexity index is 705. The third-order valence-electron chi connectivity index (χ3n) is 4.56. The van der Waals surface area contributed by atoms with Gasteiger partial charge < -0.3 is 4.90 Å². The number of halogens is 1. The molecule has 1 aromatic heterocycles. The van der Waals surface area contributed by atoms with E-state index in [1.54, 1.807) is 6.92 Å². The highest BCUT2D eigenvalue weighted by Crippen LogP contribution is 2.23. The SMILES string of the molecule is CC(=O)N1CCN(Cc2c(C)nn(Cc3ccccc3)c2Cl)CC1. The number of hydrogen-bond acceptors (Lipinski definition) is 3. The monoisotopic (exact) mass is 346 g/mol. The van der Waals surface area contributed by atoms with E-state index >= 15 is 0 Å². The van der Waals surface area contributed by atoms with Gasteiger partial charge in [-0.1, -0.05) is 41.9 Å². The lowest BCUT2D eigenvalue weighted by molar-refractivity contribution is -0.130. The molecule has 5 nitrogen and oxygen atoms in total. The van der Waals surface area contributed by atoms with Crippen LogP contribution in [0.5, 0.6) is 0 Å². The van der Waals surface area contributed by atoms with Crippen molar-refractivity contribution >= 4 is 17.5 Å². The lowest BCUT2D eigenvalue weighted by atomic mass is 10.2. The van der Waals surface area contributed by atoms with Crippen LogP contribution in [0.1, 0.15) is 23.7 Å². The van der Waals surface area contributed by atoms with Crippen LogP contribution in [0.2, 0.25) is 5.15 Å². The topological polar surface area (TPSA) is 41.4 Å². The molecule has 2 heterocycles. The Morgan fingerprint density at radius 3 is 2.42 bits per heavy atom. The molecule has 0 saturated carbocycles. The number of hydrogen-bond donors (Lipinski definition) is 0. The second-order valence-electron chi connectivity index (χ2n) is 6.28. The third kappa shape index (κ3) is 3.79. The number of amides is 1. The molecule has 0 spiro atoms. The van der Waals surface area contributed by atoms with Crippen LogP contribution in [0.15, 0.2) is 30.3 Å². The Hall–Kier alpha value is -1.85. The maximum absolute atomic E-state index is 11.4. The molecule has 0 bridgehead atoms. The van der Waals surface area contributed by atoms with E-state index in [1.165, 1.54) is 5.56 Å². The van der Waals surface area contributed by atoms with Gasteiger partial charge in [-0.3, -0.25) is 9.69 Å². The summed E-state index contributed by atoms with van der Waals surface area (Å²) in [4.78, 5) is 15.7. The number of carbonyl (C=O) groups is 1. The summed E-state index contributed by atoms with van der Waals surface area (Å²) in [6, 6.07) is 10.2. The molecule has 0 N–H and O–H groups in total. The minimum Gasteiger partial charge on any atom is -0.340 e. The fraction of sp³-hybridized carbons (Fsp3) is 0.444. The summed E-state index contributed by atoms with van der Waals surface area (Å²) in [5.41, 5.74) is 3.25. The van der Waals surface area contributed by atoms with Crippen LogP contribution in [0.25, 0.3) is 0 Å². The molecule has 1 fully saturated rings. The van der Waals surface area contributed by atoms with Crippen LogP contribution in [0.3, 0.4) is 0 Å². The zero-order valence-electron chi connectivity index (χ0n) is 14.2. The first-order valence-corrected chi connectivity index (χ1v) is 8.66. The van der Waals surface area contributed by atoms with Crippen molar-refractivity contribution in [1.29, 1.82) is 0 Å². The van der Waals surface area contributed by atoms with E-state index in [2.05, 4.69) is 22.1 Å². The van der Waals surface area contributed by atoms with Gasteiger partial charge in [0.15, 0.2) is 0 Å². The Balaban J connectivity index is 1.67. The van der Waals surface area contributed by atoms with Crippen molar-refractivity contribution in [3.63, 3.8) is 0 Å². The van der Waals surface area contributed by atoms with Crippen LogP contribution in [-0.4, -0.2) is 51.7 Å². The molecule has 6 heteroatoms. The number of carbonyl (C=O) groups excluding carboxylic acids is 1. The smallest absolute Gasteiger partial charge is 0.219 e. The van der Waals surface area contributed by atoms with Crippen LogP contribution >= 0.6 is 11.6 Å². The van der Waals surface area contributed by atoms with Crippen molar-refractivity contribution in [3.8, 4) is 0 Å². The van der Waals surface area contributed by atoms with Gasteiger partial charge in [-0.2, -0.15) is 5.10 Å². The number of nitrogens with zero attached hydrogens (tertiary/aromatic N) is 4. The first kappa shape index (κ1) is 17.0. The van der Waals surface area contributed by atoms with Gasteiger partial charge in [0.05, 0.1) is 12.2 Å². The first-order valence-electron chi connectivity index (χ1n) is 8.28. The zero-order valence-corrected chi connectivity index (χ0v) is 15.0. The predicted molar refractivity (Wildman–Crippen MR) is 95.0 cm³/mol. The molecule has 24 heavy (non-hydrogen) atoms. The minimum atomic E-state index is 0.152. The standard InChI is InChI=1S/C18H23ClN4O/c1-14-17(13-21-8-10-22(11-9-21)15(2)24)18(19)23(20-14)12-16-6-4-3-5-7-16/h3-7H,8-13H2,1-2H3. The largest absolute Gasteiger partial charge is 0.340 e. The van der Waals surface area contributed by atoms with E-state index in [9.17, 15) is 4.79 Å². The molecule has 3 rings (SSSR count). The molecule has 1 amide bonds. The third-order valence-corrected chi connectivity index (χ3v) is 4.98. The number of aromatic nitrogens is 2. The Labute approximate surface area is 147 Å². The quantitative estimate of drug-likeness (QED) is 0.854. The van der Waals surface area contributed by atoms with E-state index in [-0.39, 0.29) is 5.91 Å². The highest BCUT2D eigenvalue weighted by Gasteiger charge is 2.22. The van der Waals surface area contributed by atoms with E-state index in [0.717, 1.165) is 44.0 Å². The van der Waals surface area contributed by atoms with Gasteiger partial charge in [-0.25, -0.2) is 4.68 Å². The van der Waals surface area contributed by atoms with Crippen molar-refractivity contribution in [1.82, 2.24) is 19.6 Å². The molecule has 2 aromatic rings. The van der Waals surface area contributed by atoms with Crippen LogP contribution < -0.4 is 0 Å². The molecule has 0 aliphatic carbocycles. The summed E-state index contributed by atoms with van der Waals surface area (Å²) in [5, 5.41) is 5.32. The lowest BCUT2D eigenvalue weighted by Gasteiger charge is -2.34. The predicted octanol–water partition coefficient (Wildman–Crippen LogP) is 2.56. The fourth-order valence-corrected chi connectivity index (χ4v) is 3.37. The summed E-state index contributed by atoms with van der Waals surface area (Å²) >= 11 is 6.59. The van der Waals surface area contributed by atoms with E-state index in [0.29, 0.717) is 11.7 Å². The molecule has 1 aliphatic rings. The molecule has 0 atom stereocenters. The second-order valence-corrected chi connectivity index (χ2v) is 6.64. The first-order chi connectivity index (χ1) is 11.5. The Morgan fingerprint density at radius 2 is 1.79 bits per heavy atom. The maximum atomic E-state index is 11.4. The van der Waals surface area contributed by atoms with Gasteiger partial charge in [0.1, 0.15) is 5.15 Å². The molecular weight excluding hydrogens is 324 g/mol. The number of piperazine rings is 1. The van der Waals surface area contributed by atoms with Crippen molar-refractivity contribution in [2.45, 2.75) is 26.9 Å². The molecule has 0 radical (unpaired) electrons. The Morgan fingerprint density at radius 1 is 1.12 bits per heavy atom. The summed E-state index contributed by atoms with van der Waals surface area (Å²) in [6.45, 7) is 8.41. The second kappa shape index (κ2) is 7.36. The van der Waals surface area contributed by atoms with Gasteiger partial charge in [0.25, 0.3) is 0 Å². The van der Waals surface area contributed by atoms with Gasteiger partial charge in [0, 0.05) is 45.2 Å². The number of rotatable bonds is 4. The van der Waals surface area contributed by atoms with Crippen molar-refractivity contribution < 1.29 is 4.79 Å². The highest BCUT2D eigenvalue weighted by atomic mass is 35.5. The van der Waals surface area contributed by atoms with Gasteiger partial charge in [-0.15, -0.1) is 0 Å². The molecular formula is C18H23ClN4O. The lowest BCUT2D eigenvalue weighted by Crippen LogP contribution is -2.47. The summed E-state index contributed by atoms with van der Waals surface area (Å²) < 4.78 is 1.87. The molecule has 1 aliphatic heterocycles. The highest BCUT2D eigenvalue weighted by molar-refractivity contribution is 6.30. The van der Waals surface area contributed by atoms with Crippen LogP contribution in [-0.2, 0) is 17.9 Å². The number of aryl methyl sites for hydroxylation is 1. The average molecular weight is 347 g/mol. The maximum Gasteiger partial charge on any atom is 0.219 e. The zero-order chi connectivity index (χ0) is 17.1. The molecule has 1 aromatic carbocycles.